The summed E-state index contributed by atoms with van der Waals surface area (Å²) in [6.07, 6.45) is 3.35. The zero-order chi connectivity index (χ0) is 13.2. The SMILES string of the molecule is O=C(O)c1cc2ccccc2c(-c2cccnc2)n1. The number of fused-ring (bicyclic) bond motifs is 1. The van der Waals surface area contributed by atoms with Gasteiger partial charge in [-0.25, -0.2) is 9.78 Å². The van der Waals surface area contributed by atoms with Gasteiger partial charge in [0.25, 0.3) is 0 Å². The van der Waals surface area contributed by atoms with Gasteiger partial charge in [0.05, 0.1) is 5.69 Å². The third-order valence-corrected chi connectivity index (χ3v) is 2.89. The van der Waals surface area contributed by atoms with Crippen LogP contribution in [0.1, 0.15) is 10.5 Å². The van der Waals surface area contributed by atoms with Crippen LogP contribution in [0.5, 0.6) is 0 Å². The molecule has 0 saturated heterocycles. The highest BCUT2D eigenvalue weighted by atomic mass is 16.4. The van der Waals surface area contributed by atoms with Crippen LogP contribution in [0.15, 0.2) is 54.9 Å². The highest BCUT2D eigenvalue weighted by Crippen LogP contribution is 2.26. The van der Waals surface area contributed by atoms with E-state index in [-0.39, 0.29) is 5.69 Å². The number of nitrogens with zero attached hydrogens (tertiary/aromatic N) is 2. The number of aromatic nitrogens is 2. The molecule has 0 spiro atoms. The first-order valence-corrected chi connectivity index (χ1v) is 5.79. The summed E-state index contributed by atoms with van der Waals surface area (Å²) in [6, 6.07) is 12.8. The third kappa shape index (κ3) is 2.04. The smallest absolute Gasteiger partial charge is 0.354 e. The number of hydrogen-bond acceptors (Lipinski definition) is 3. The number of benzene rings is 1. The minimum atomic E-state index is -1.03. The van der Waals surface area contributed by atoms with Gasteiger partial charge in [0, 0.05) is 23.3 Å². The Bertz CT molecular complexity index is 754. The van der Waals surface area contributed by atoms with E-state index >= 15 is 0 Å². The van der Waals surface area contributed by atoms with Crippen molar-refractivity contribution < 1.29 is 9.90 Å². The molecular weight excluding hydrogens is 240 g/mol. The molecule has 19 heavy (non-hydrogen) atoms. The monoisotopic (exact) mass is 250 g/mol. The number of carboxylic acid groups (broad SMARTS) is 1. The molecule has 0 radical (unpaired) electrons. The van der Waals surface area contributed by atoms with Gasteiger partial charge in [0.1, 0.15) is 5.69 Å². The van der Waals surface area contributed by atoms with Crippen molar-refractivity contribution in [3.8, 4) is 11.3 Å². The molecule has 4 nitrogen and oxygen atoms in total. The molecule has 92 valence electrons. The van der Waals surface area contributed by atoms with Gasteiger partial charge < -0.3 is 5.11 Å². The molecule has 3 rings (SSSR count). The lowest BCUT2D eigenvalue weighted by Crippen LogP contribution is -2.02. The predicted octanol–water partition coefficient (Wildman–Crippen LogP) is 3.00. The van der Waals surface area contributed by atoms with Crippen LogP contribution in [-0.2, 0) is 0 Å². The summed E-state index contributed by atoms with van der Waals surface area (Å²) in [5, 5.41) is 10.9. The van der Waals surface area contributed by atoms with E-state index in [0.29, 0.717) is 5.69 Å². The van der Waals surface area contributed by atoms with Crippen LogP contribution in [0, 0.1) is 0 Å². The molecule has 0 fully saturated rings. The molecule has 3 aromatic rings. The Morgan fingerprint density at radius 3 is 2.68 bits per heavy atom. The van der Waals surface area contributed by atoms with E-state index in [0.717, 1.165) is 16.3 Å². The zero-order valence-corrected chi connectivity index (χ0v) is 9.95. The van der Waals surface area contributed by atoms with Crippen LogP contribution >= 0.6 is 0 Å². The Morgan fingerprint density at radius 2 is 1.95 bits per heavy atom. The van der Waals surface area contributed by atoms with E-state index in [1.54, 1.807) is 24.5 Å². The highest BCUT2D eigenvalue weighted by molar-refractivity contribution is 5.99. The molecule has 2 heterocycles. The van der Waals surface area contributed by atoms with Crippen molar-refractivity contribution in [1.29, 1.82) is 0 Å². The minimum Gasteiger partial charge on any atom is -0.477 e. The van der Waals surface area contributed by atoms with E-state index in [1.807, 2.05) is 30.3 Å². The van der Waals surface area contributed by atoms with Crippen LogP contribution in [0.3, 0.4) is 0 Å². The Labute approximate surface area is 109 Å². The van der Waals surface area contributed by atoms with Gasteiger partial charge in [0.15, 0.2) is 0 Å². The van der Waals surface area contributed by atoms with Crippen LogP contribution in [-0.4, -0.2) is 21.0 Å². The maximum atomic E-state index is 11.2. The maximum Gasteiger partial charge on any atom is 0.354 e. The van der Waals surface area contributed by atoms with Gasteiger partial charge in [-0.3, -0.25) is 4.98 Å². The first kappa shape index (κ1) is 11.3. The van der Waals surface area contributed by atoms with E-state index in [4.69, 9.17) is 5.11 Å². The van der Waals surface area contributed by atoms with Crippen LogP contribution in [0.25, 0.3) is 22.0 Å². The third-order valence-electron chi connectivity index (χ3n) is 2.89. The lowest BCUT2D eigenvalue weighted by atomic mass is 10.0. The Kier molecular flexibility index (Phi) is 2.68. The molecule has 4 heteroatoms. The van der Waals surface area contributed by atoms with Gasteiger partial charge in [-0.2, -0.15) is 0 Å². The van der Waals surface area contributed by atoms with Gasteiger partial charge in [-0.15, -0.1) is 0 Å². The Balaban J connectivity index is 2.36. The van der Waals surface area contributed by atoms with Crippen molar-refractivity contribution in [2.24, 2.45) is 0 Å². The standard InChI is InChI=1S/C15H10N2O2/c18-15(19)13-8-10-4-1-2-6-12(10)14(17-13)11-5-3-7-16-9-11/h1-9H,(H,18,19). The molecule has 0 aliphatic heterocycles. The lowest BCUT2D eigenvalue weighted by molar-refractivity contribution is 0.0691. The summed E-state index contributed by atoms with van der Waals surface area (Å²) in [4.78, 5) is 19.4. The molecule has 1 aromatic carbocycles. The number of carbonyl (C=O) groups is 1. The van der Waals surface area contributed by atoms with Crippen molar-refractivity contribution in [2.75, 3.05) is 0 Å². The molecule has 1 N–H and O–H groups in total. The number of rotatable bonds is 2. The average molecular weight is 250 g/mol. The Hall–Kier alpha value is -2.75. The second-order valence-corrected chi connectivity index (χ2v) is 4.12. The average Bonchev–Trinajstić information content (AvgIpc) is 2.47. The molecule has 0 atom stereocenters. The minimum absolute atomic E-state index is 0.0394. The maximum absolute atomic E-state index is 11.2. The zero-order valence-electron chi connectivity index (χ0n) is 9.95. The number of pyridine rings is 2. The summed E-state index contributed by atoms with van der Waals surface area (Å²) >= 11 is 0. The first-order chi connectivity index (χ1) is 9.25. The summed E-state index contributed by atoms with van der Waals surface area (Å²) in [7, 11) is 0. The predicted molar refractivity (Wildman–Crippen MR) is 71.9 cm³/mol. The van der Waals surface area contributed by atoms with Gasteiger partial charge in [0.2, 0.25) is 0 Å². The summed E-state index contributed by atoms with van der Waals surface area (Å²) in [5.41, 5.74) is 1.49. The van der Waals surface area contributed by atoms with E-state index < -0.39 is 5.97 Å². The normalized spacial score (nSPS) is 10.5. The molecule has 0 aliphatic carbocycles. The van der Waals surface area contributed by atoms with Gasteiger partial charge in [-0.1, -0.05) is 24.3 Å². The second-order valence-electron chi connectivity index (χ2n) is 4.12. The van der Waals surface area contributed by atoms with Gasteiger partial charge in [-0.05, 0) is 23.6 Å². The highest BCUT2D eigenvalue weighted by Gasteiger charge is 2.12. The van der Waals surface area contributed by atoms with Crippen molar-refractivity contribution in [1.82, 2.24) is 9.97 Å². The van der Waals surface area contributed by atoms with Crippen LogP contribution in [0.2, 0.25) is 0 Å². The van der Waals surface area contributed by atoms with Crippen molar-refractivity contribution in [3.05, 3.63) is 60.6 Å². The molecule has 0 aliphatic rings. The van der Waals surface area contributed by atoms with Crippen LogP contribution in [0.4, 0.5) is 0 Å². The van der Waals surface area contributed by atoms with Crippen molar-refractivity contribution in [3.63, 3.8) is 0 Å². The van der Waals surface area contributed by atoms with E-state index in [1.165, 1.54) is 0 Å². The quantitative estimate of drug-likeness (QED) is 0.759. The molecule has 0 saturated carbocycles. The summed E-state index contributed by atoms with van der Waals surface area (Å²) in [6.45, 7) is 0. The number of aromatic carboxylic acids is 1. The van der Waals surface area contributed by atoms with Crippen LogP contribution < -0.4 is 0 Å². The molecule has 2 aromatic heterocycles. The fraction of sp³-hybridized carbons (Fsp3) is 0. The molecular formula is C15H10N2O2. The lowest BCUT2D eigenvalue weighted by Gasteiger charge is -2.07. The molecule has 0 amide bonds. The van der Waals surface area contributed by atoms with Gasteiger partial charge >= 0.3 is 5.97 Å². The largest absolute Gasteiger partial charge is 0.477 e. The molecule has 0 bridgehead atoms. The van der Waals surface area contributed by atoms with Crippen molar-refractivity contribution >= 4 is 16.7 Å². The van der Waals surface area contributed by atoms with E-state index in [2.05, 4.69) is 9.97 Å². The first-order valence-electron chi connectivity index (χ1n) is 5.79. The topological polar surface area (TPSA) is 63.1 Å². The summed E-state index contributed by atoms with van der Waals surface area (Å²) < 4.78 is 0. The fourth-order valence-electron chi connectivity index (χ4n) is 2.03. The van der Waals surface area contributed by atoms with Crippen molar-refractivity contribution in [2.45, 2.75) is 0 Å². The summed E-state index contributed by atoms with van der Waals surface area (Å²) in [5.74, 6) is -1.03. The number of hydrogen-bond donors (Lipinski definition) is 1. The Morgan fingerprint density at radius 1 is 1.11 bits per heavy atom. The second kappa shape index (κ2) is 4.49. The fourth-order valence-corrected chi connectivity index (χ4v) is 2.03. The van der Waals surface area contributed by atoms with E-state index in [9.17, 15) is 4.79 Å². The number of carboxylic acids is 1. The molecule has 0 unspecified atom stereocenters.